The molecule has 0 aliphatic rings. The molecular formula is C14H12F2N2O4S. The van der Waals surface area contributed by atoms with Gasteiger partial charge in [-0.25, -0.2) is 21.9 Å². The van der Waals surface area contributed by atoms with Crippen molar-refractivity contribution in [1.29, 1.82) is 0 Å². The van der Waals surface area contributed by atoms with Crippen LogP contribution in [0.3, 0.4) is 0 Å². The van der Waals surface area contributed by atoms with Crippen molar-refractivity contribution in [3.05, 3.63) is 75.3 Å². The molecule has 0 heterocycles. The fourth-order valence-corrected chi connectivity index (χ4v) is 3.00. The summed E-state index contributed by atoms with van der Waals surface area (Å²) in [6, 6.07) is 8.10. The summed E-state index contributed by atoms with van der Waals surface area (Å²) >= 11 is 0. The lowest BCUT2D eigenvalue weighted by Gasteiger charge is -2.08. The number of sulfonamides is 1. The van der Waals surface area contributed by atoms with Crippen LogP contribution in [0.25, 0.3) is 0 Å². The van der Waals surface area contributed by atoms with Crippen LogP contribution in [0.4, 0.5) is 14.5 Å². The van der Waals surface area contributed by atoms with Crippen molar-refractivity contribution in [3.63, 3.8) is 0 Å². The Hall–Kier alpha value is -2.39. The van der Waals surface area contributed by atoms with Gasteiger partial charge in [-0.3, -0.25) is 10.1 Å². The second-order valence-electron chi connectivity index (χ2n) is 4.74. The van der Waals surface area contributed by atoms with E-state index in [9.17, 15) is 27.3 Å². The maximum Gasteiger partial charge on any atom is 0.269 e. The van der Waals surface area contributed by atoms with Gasteiger partial charge in [-0.05, 0) is 11.6 Å². The molecule has 0 bridgehead atoms. The largest absolute Gasteiger partial charge is 0.269 e. The monoisotopic (exact) mass is 342 g/mol. The topological polar surface area (TPSA) is 89.3 Å². The molecule has 0 spiro atoms. The van der Waals surface area contributed by atoms with Gasteiger partial charge in [0, 0.05) is 30.3 Å². The van der Waals surface area contributed by atoms with Crippen LogP contribution in [0.2, 0.25) is 0 Å². The van der Waals surface area contributed by atoms with E-state index in [1.807, 2.05) is 0 Å². The summed E-state index contributed by atoms with van der Waals surface area (Å²) in [5, 5.41) is 10.7. The molecule has 2 rings (SSSR count). The Morgan fingerprint density at radius 2 is 1.87 bits per heavy atom. The minimum absolute atomic E-state index is 0.161. The normalized spacial score (nSPS) is 11.4. The maximum absolute atomic E-state index is 13.5. The Morgan fingerprint density at radius 1 is 1.13 bits per heavy atom. The molecule has 0 saturated heterocycles. The van der Waals surface area contributed by atoms with Crippen molar-refractivity contribution >= 4 is 15.7 Å². The average Bonchev–Trinajstić information content (AvgIpc) is 2.48. The number of nitro benzene ring substituents is 1. The fraction of sp³-hybridized carbons (Fsp3) is 0.143. The molecule has 9 heteroatoms. The van der Waals surface area contributed by atoms with Crippen molar-refractivity contribution in [3.8, 4) is 0 Å². The van der Waals surface area contributed by atoms with E-state index in [4.69, 9.17) is 0 Å². The molecule has 6 nitrogen and oxygen atoms in total. The summed E-state index contributed by atoms with van der Waals surface area (Å²) in [6.07, 6.45) is 0. The average molecular weight is 342 g/mol. The van der Waals surface area contributed by atoms with Crippen LogP contribution in [-0.2, 0) is 22.3 Å². The number of hydrogen-bond acceptors (Lipinski definition) is 4. The van der Waals surface area contributed by atoms with Crippen molar-refractivity contribution in [2.24, 2.45) is 0 Å². The summed E-state index contributed by atoms with van der Waals surface area (Å²) in [5.41, 5.74) is 0.0616. The summed E-state index contributed by atoms with van der Waals surface area (Å²) in [5.74, 6) is -2.41. The van der Waals surface area contributed by atoms with E-state index in [0.717, 1.165) is 12.1 Å². The van der Waals surface area contributed by atoms with Crippen LogP contribution >= 0.6 is 0 Å². The molecule has 0 amide bonds. The van der Waals surface area contributed by atoms with Crippen molar-refractivity contribution in [2.45, 2.75) is 12.3 Å². The molecule has 0 fully saturated rings. The molecule has 0 radical (unpaired) electrons. The molecule has 0 saturated carbocycles. The highest BCUT2D eigenvalue weighted by atomic mass is 32.2. The smallest absolute Gasteiger partial charge is 0.258 e. The fourth-order valence-electron chi connectivity index (χ4n) is 1.87. The first-order chi connectivity index (χ1) is 10.8. The van der Waals surface area contributed by atoms with Crippen LogP contribution in [-0.4, -0.2) is 13.3 Å². The van der Waals surface area contributed by atoms with Gasteiger partial charge in [-0.15, -0.1) is 0 Å². The minimum atomic E-state index is -3.88. The Balaban J connectivity index is 2.07. The van der Waals surface area contributed by atoms with E-state index >= 15 is 0 Å². The van der Waals surface area contributed by atoms with Gasteiger partial charge < -0.3 is 0 Å². The standard InChI is InChI=1S/C14H12F2N2O4S/c15-12-5-4-11(14(16)7-12)9-23(21,22)17-8-10-2-1-3-13(6-10)18(19)20/h1-7,17H,8-9H2. The number of nitro groups is 1. The Bertz CT molecular complexity index is 840. The van der Waals surface area contributed by atoms with Gasteiger partial charge in [0.25, 0.3) is 5.69 Å². The number of nitrogens with one attached hydrogen (secondary N) is 1. The summed E-state index contributed by atoms with van der Waals surface area (Å²) in [6.45, 7) is -0.174. The summed E-state index contributed by atoms with van der Waals surface area (Å²) in [7, 11) is -3.88. The van der Waals surface area contributed by atoms with Crippen LogP contribution in [0.1, 0.15) is 11.1 Å². The first-order valence-electron chi connectivity index (χ1n) is 6.41. The van der Waals surface area contributed by atoms with Crippen molar-refractivity contribution in [1.82, 2.24) is 4.72 Å². The molecule has 2 aromatic carbocycles. The van der Waals surface area contributed by atoms with Crippen LogP contribution < -0.4 is 4.72 Å². The Morgan fingerprint density at radius 3 is 2.52 bits per heavy atom. The number of halogens is 2. The first-order valence-corrected chi connectivity index (χ1v) is 8.07. The van der Waals surface area contributed by atoms with Gasteiger partial charge >= 0.3 is 0 Å². The number of non-ortho nitro benzene ring substituents is 1. The molecule has 0 aromatic heterocycles. The minimum Gasteiger partial charge on any atom is -0.258 e. The van der Waals surface area contributed by atoms with Crippen LogP contribution in [0.15, 0.2) is 42.5 Å². The van der Waals surface area contributed by atoms with E-state index in [1.165, 1.54) is 24.3 Å². The number of benzene rings is 2. The predicted molar refractivity (Wildman–Crippen MR) is 78.9 cm³/mol. The predicted octanol–water partition coefficient (Wildman–Crippen LogP) is 2.49. The number of rotatable bonds is 6. The molecule has 122 valence electrons. The van der Waals surface area contributed by atoms with E-state index < -0.39 is 32.3 Å². The molecule has 1 N–H and O–H groups in total. The zero-order valence-corrected chi connectivity index (χ0v) is 12.5. The van der Waals surface area contributed by atoms with Gasteiger partial charge in [-0.2, -0.15) is 0 Å². The lowest BCUT2D eigenvalue weighted by molar-refractivity contribution is -0.384. The Labute approximate surface area is 131 Å². The summed E-state index contributed by atoms with van der Waals surface area (Å²) in [4.78, 5) is 10.1. The van der Waals surface area contributed by atoms with E-state index in [0.29, 0.717) is 11.6 Å². The third-order valence-corrected chi connectivity index (χ3v) is 4.25. The van der Waals surface area contributed by atoms with Gasteiger partial charge in [0.05, 0.1) is 10.7 Å². The zero-order valence-electron chi connectivity index (χ0n) is 11.7. The van der Waals surface area contributed by atoms with Gasteiger partial charge in [0.1, 0.15) is 11.6 Å². The van der Waals surface area contributed by atoms with Crippen molar-refractivity contribution < 1.29 is 22.1 Å². The van der Waals surface area contributed by atoms with Crippen molar-refractivity contribution in [2.75, 3.05) is 0 Å². The third kappa shape index (κ3) is 4.80. The highest BCUT2D eigenvalue weighted by Crippen LogP contribution is 2.15. The van der Waals surface area contributed by atoms with Gasteiger partial charge in [0.15, 0.2) is 0 Å². The van der Waals surface area contributed by atoms with Crippen LogP contribution in [0, 0.1) is 21.7 Å². The van der Waals surface area contributed by atoms with Gasteiger partial charge in [0.2, 0.25) is 10.0 Å². The highest BCUT2D eigenvalue weighted by Gasteiger charge is 2.15. The first kappa shape index (κ1) is 17.0. The van der Waals surface area contributed by atoms with Crippen LogP contribution in [0.5, 0.6) is 0 Å². The molecule has 0 aliphatic carbocycles. The molecule has 23 heavy (non-hydrogen) atoms. The highest BCUT2D eigenvalue weighted by molar-refractivity contribution is 7.88. The lowest BCUT2D eigenvalue weighted by Crippen LogP contribution is -2.25. The second-order valence-corrected chi connectivity index (χ2v) is 6.55. The van der Waals surface area contributed by atoms with E-state index in [2.05, 4.69) is 4.72 Å². The van der Waals surface area contributed by atoms with E-state index in [1.54, 1.807) is 0 Å². The zero-order chi connectivity index (χ0) is 17.0. The summed E-state index contributed by atoms with van der Waals surface area (Å²) < 4.78 is 52.3. The molecule has 2 aromatic rings. The third-order valence-electron chi connectivity index (χ3n) is 2.98. The molecule has 0 unspecified atom stereocenters. The lowest BCUT2D eigenvalue weighted by atomic mass is 10.2. The maximum atomic E-state index is 13.5. The molecule has 0 aliphatic heterocycles. The van der Waals surface area contributed by atoms with E-state index in [-0.39, 0.29) is 17.8 Å². The second kappa shape index (κ2) is 6.80. The number of hydrogen-bond donors (Lipinski definition) is 1. The SMILES string of the molecule is O=[N+]([O-])c1cccc(CNS(=O)(=O)Cc2ccc(F)cc2F)c1. The quantitative estimate of drug-likeness (QED) is 0.645. The molecule has 0 atom stereocenters. The van der Waals surface area contributed by atoms with Gasteiger partial charge in [-0.1, -0.05) is 18.2 Å². The molecular weight excluding hydrogens is 330 g/mol. The Kier molecular flexibility index (Phi) is 5.02. The number of nitrogens with zero attached hydrogens (tertiary/aromatic N) is 1.